The molecule has 0 bridgehead atoms. The number of hydrogen-bond donors (Lipinski definition) is 2. The van der Waals surface area contributed by atoms with Crippen LogP contribution in [-0.4, -0.2) is 22.8 Å². The Morgan fingerprint density at radius 3 is 2.94 bits per heavy atom. The number of hydrogen-bond acceptors (Lipinski definition) is 4. The van der Waals surface area contributed by atoms with Gasteiger partial charge in [-0.3, -0.25) is 0 Å². The Kier molecular flexibility index (Phi) is 4.57. The molecule has 0 radical (unpaired) electrons. The van der Waals surface area contributed by atoms with E-state index >= 15 is 0 Å². The Hall–Kier alpha value is -1.97. The first kappa shape index (κ1) is 13.1. The van der Waals surface area contributed by atoms with Crippen LogP contribution >= 0.6 is 0 Å². The van der Waals surface area contributed by atoms with E-state index in [0.29, 0.717) is 0 Å². The Morgan fingerprint density at radius 2 is 2.29 bits per heavy atom. The van der Waals surface area contributed by atoms with Crippen LogP contribution in [0.2, 0.25) is 0 Å². The number of allylic oxidation sites excluding steroid dienone is 4. The fourth-order valence-corrected chi connectivity index (χ4v) is 1.48. The predicted octanol–water partition coefficient (Wildman–Crippen LogP) is 2.42. The van der Waals surface area contributed by atoms with E-state index in [1.807, 2.05) is 0 Å². The van der Waals surface area contributed by atoms with Crippen molar-refractivity contribution in [1.82, 2.24) is 0 Å². The van der Waals surface area contributed by atoms with Gasteiger partial charge >= 0.3 is 5.97 Å². The highest BCUT2D eigenvalue weighted by Gasteiger charge is 2.22. The van der Waals surface area contributed by atoms with Gasteiger partial charge in [-0.2, -0.15) is 0 Å². The Bertz CT molecular complexity index is 390. The summed E-state index contributed by atoms with van der Waals surface area (Å²) in [4.78, 5) is 11.2. The first-order valence-electron chi connectivity index (χ1n) is 5.32. The molecule has 0 saturated heterocycles. The monoisotopic (exact) mass is 236 g/mol. The first-order valence-corrected chi connectivity index (χ1v) is 5.32. The van der Waals surface area contributed by atoms with Crippen molar-refractivity contribution in [2.24, 2.45) is 11.8 Å². The zero-order valence-corrected chi connectivity index (χ0v) is 9.67. The molecule has 0 amide bonds. The number of rotatable bonds is 4. The number of carbonyl (C=O) groups excluding carboxylic acids is 1. The van der Waals surface area contributed by atoms with E-state index < -0.39 is 5.97 Å². The molecule has 0 aromatic rings. The van der Waals surface area contributed by atoms with Crippen LogP contribution < -0.4 is 0 Å². The van der Waals surface area contributed by atoms with Crippen LogP contribution in [0.5, 0.6) is 0 Å². The van der Waals surface area contributed by atoms with Gasteiger partial charge in [0.25, 0.3) is 0 Å². The lowest BCUT2D eigenvalue weighted by atomic mass is 9.87. The zero-order chi connectivity index (χ0) is 12.8. The SMILES string of the molecule is C=CCOC(=O)/C=C/C1C=CC(O)=C(O)C1C. The van der Waals surface area contributed by atoms with Crippen LogP contribution in [0.3, 0.4) is 0 Å². The quantitative estimate of drug-likeness (QED) is 0.447. The maximum Gasteiger partial charge on any atom is 0.330 e. The summed E-state index contributed by atoms with van der Waals surface area (Å²) in [6.45, 7) is 5.37. The normalized spacial score (nSPS) is 24.1. The molecule has 0 fully saturated rings. The molecular weight excluding hydrogens is 220 g/mol. The third-order valence-electron chi connectivity index (χ3n) is 2.55. The smallest absolute Gasteiger partial charge is 0.330 e. The van der Waals surface area contributed by atoms with Gasteiger partial charge in [-0.05, 0) is 6.08 Å². The number of esters is 1. The summed E-state index contributed by atoms with van der Waals surface area (Å²) in [6, 6.07) is 0. The van der Waals surface area contributed by atoms with Gasteiger partial charge in [0.15, 0.2) is 5.76 Å². The molecule has 2 atom stereocenters. The molecule has 2 unspecified atom stereocenters. The van der Waals surface area contributed by atoms with E-state index in [4.69, 9.17) is 4.74 Å². The lowest BCUT2D eigenvalue weighted by Gasteiger charge is -2.21. The number of ether oxygens (including phenoxy) is 1. The molecule has 0 aliphatic heterocycles. The average Bonchev–Trinajstić information content (AvgIpc) is 2.32. The molecule has 92 valence electrons. The maximum absolute atomic E-state index is 11.2. The predicted molar refractivity (Wildman–Crippen MR) is 64.4 cm³/mol. The van der Waals surface area contributed by atoms with E-state index in [1.54, 1.807) is 19.1 Å². The Morgan fingerprint density at radius 1 is 1.59 bits per heavy atom. The van der Waals surface area contributed by atoms with Crippen LogP contribution in [-0.2, 0) is 9.53 Å². The second-order valence-electron chi connectivity index (χ2n) is 3.77. The van der Waals surface area contributed by atoms with E-state index in [2.05, 4.69) is 6.58 Å². The highest BCUT2D eigenvalue weighted by atomic mass is 16.5. The molecule has 0 spiro atoms. The minimum absolute atomic E-state index is 0.0680. The summed E-state index contributed by atoms with van der Waals surface area (Å²) in [5.74, 6) is -1.05. The number of aliphatic hydroxyl groups excluding tert-OH is 2. The summed E-state index contributed by atoms with van der Waals surface area (Å²) >= 11 is 0. The Balaban J connectivity index is 2.59. The molecule has 2 N–H and O–H groups in total. The third-order valence-corrected chi connectivity index (χ3v) is 2.55. The summed E-state index contributed by atoms with van der Waals surface area (Å²) < 4.78 is 4.77. The van der Waals surface area contributed by atoms with Crippen molar-refractivity contribution >= 4 is 5.97 Å². The minimum atomic E-state index is -0.455. The summed E-state index contributed by atoms with van der Waals surface area (Å²) in [5, 5.41) is 18.8. The molecule has 1 aliphatic rings. The van der Waals surface area contributed by atoms with Crippen LogP contribution in [0.15, 0.2) is 48.5 Å². The van der Waals surface area contributed by atoms with Gasteiger partial charge in [-0.25, -0.2) is 4.79 Å². The summed E-state index contributed by atoms with van der Waals surface area (Å²) in [5.41, 5.74) is 0. The molecule has 1 rings (SSSR count). The Labute approximate surface area is 100 Å². The molecule has 0 saturated carbocycles. The second kappa shape index (κ2) is 5.94. The highest BCUT2D eigenvalue weighted by Crippen LogP contribution is 2.27. The summed E-state index contributed by atoms with van der Waals surface area (Å²) in [7, 11) is 0. The van der Waals surface area contributed by atoms with Crippen molar-refractivity contribution in [1.29, 1.82) is 0 Å². The van der Waals surface area contributed by atoms with Gasteiger partial charge in [0.05, 0.1) is 0 Å². The van der Waals surface area contributed by atoms with Gasteiger partial charge in [0.2, 0.25) is 0 Å². The topological polar surface area (TPSA) is 66.8 Å². The van der Waals surface area contributed by atoms with Crippen molar-refractivity contribution in [3.8, 4) is 0 Å². The van der Waals surface area contributed by atoms with Gasteiger partial charge in [0.1, 0.15) is 12.4 Å². The van der Waals surface area contributed by atoms with Crippen LogP contribution in [0, 0.1) is 11.8 Å². The fraction of sp³-hybridized carbons (Fsp3) is 0.308. The lowest BCUT2D eigenvalue weighted by molar-refractivity contribution is -0.136. The molecular formula is C13H16O4. The number of aliphatic hydroxyl groups is 2. The van der Waals surface area contributed by atoms with E-state index in [-0.39, 0.29) is 30.0 Å². The summed E-state index contributed by atoms with van der Waals surface area (Å²) in [6.07, 6.45) is 7.57. The maximum atomic E-state index is 11.2. The molecule has 0 heterocycles. The van der Waals surface area contributed by atoms with Gasteiger partial charge in [-0.1, -0.05) is 31.7 Å². The molecule has 0 aromatic carbocycles. The van der Waals surface area contributed by atoms with Gasteiger partial charge in [0, 0.05) is 17.9 Å². The number of carbonyl (C=O) groups is 1. The molecule has 4 heteroatoms. The minimum Gasteiger partial charge on any atom is -0.508 e. The van der Waals surface area contributed by atoms with Crippen molar-refractivity contribution in [2.75, 3.05) is 6.61 Å². The van der Waals surface area contributed by atoms with Crippen LogP contribution in [0.1, 0.15) is 6.92 Å². The molecule has 4 nitrogen and oxygen atoms in total. The third kappa shape index (κ3) is 3.52. The van der Waals surface area contributed by atoms with Crippen molar-refractivity contribution in [3.05, 3.63) is 48.5 Å². The molecule has 1 aliphatic carbocycles. The molecule has 0 aromatic heterocycles. The fourth-order valence-electron chi connectivity index (χ4n) is 1.48. The van der Waals surface area contributed by atoms with Gasteiger partial charge in [-0.15, -0.1) is 0 Å². The first-order chi connectivity index (χ1) is 8.06. The second-order valence-corrected chi connectivity index (χ2v) is 3.77. The average molecular weight is 236 g/mol. The van der Waals surface area contributed by atoms with E-state index in [0.717, 1.165) is 0 Å². The zero-order valence-electron chi connectivity index (χ0n) is 9.67. The van der Waals surface area contributed by atoms with Crippen molar-refractivity contribution < 1.29 is 19.7 Å². The van der Waals surface area contributed by atoms with Crippen LogP contribution in [0.4, 0.5) is 0 Å². The van der Waals surface area contributed by atoms with Crippen molar-refractivity contribution in [3.63, 3.8) is 0 Å². The van der Waals surface area contributed by atoms with E-state index in [9.17, 15) is 15.0 Å². The standard InChI is InChI=1S/C13H16O4/c1-3-8-17-12(15)7-5-10-4-6-11(14)13(16)9(10)2/h3-7,9-10,14,16H,1,8H2,2H3/b7-5+. The molecule has 17 heavy (non-hydrogen) atoms. The highest BCUT2D eigenvalue weighted by molar-refractivity contribution is 5.82. The largest absolute Gasteiger partial charge is 0.508 e. The van der Waals surface area contributed by atoms with Crippen molar-refractivity contribution in [2.45, 2.75) is 6.92 Å². The lowest BCUT2D eigenvalue weighted by Crippen LogP contribution is -2.15. The van der Waals surface area contributed by atoms with Gasteiger partial charge < -0.3 is 14.9 Å². The van der Waals surface area contributed by atoms with E-state index in [1.165, 1.54) is 18.2 Å². The van der Waals surface area contributed by atoms with Crippen LogP contribution in [0.25, 0.3) is 0 Å².